The lowest BCUT2D eigenvalue weighted by molar-refractivity contribution is -0.137. The van der Waals surface area contributed by atoms with Gasteiger partial charge in [0.15, 0.2) is 5.82 Å². The van der Waals surface area contributed by atoms with Gasteiger partial charge in [0.25, 0.3) is 0 Å². The molecule has 8 heteroatoms. The maximum Gasteiger partial charge on any atom is 0.306 e. The van der Waals surface area contributed by atoms with Gasteiger partial charge in [0.1, 0.15) is 22.6 Å². The molecule has 0 bridgehead atoms. The zero-order chi connectivity index (χ0) is 24.0. The fourth-order valence-electron chi connectivity index (χ4n) is 4.38. The Morgan fingerprint density at radius 2 is 1.76 bits per heavy atom. The van der Waals surface area contributed by atoms with Crippen LogP contribution in [0.2, 0.25) is 0 Å². The van der Waals surface area contributed by atoms with E-state index in [0.29, 0.717) is 5.82 Å². The van der Waals surface area contributed by atoms with Crippen molar-refractivity contribution in [1.82, 2.24) is 14.8 Å². The van der Waals surface area contributed by atoms with Gasteiger partial charge >= 0.3 is 5.97 Å². The average Bonchev–Trinajstić information content (AvgIpc) is 3.31. The molecule has 2 aromatic heterocycles. The van der Waals surface area contributed by atoms with E-state index in [1.165, 1.54) is 4.88 Å². The van der Waals surface area contributed by atoms with Crippen LogP contribution in [0.15, 0.2) is 53.5 Å². The number of aliphatic carboxylic acids is 1. The van der Waals surface area contributed by atoms with Crippen LogP contribution in [0.25, 0.3) is 16.1 Å². The number of hydrogen-bond donors (Lipinski definition) is 1. The molecular formula is C26H24N4O3S. The molecule has 1 aliphatic heterocycles. The molecule has 0 saturated heterocycles. The second-order valence-electron chi connectivity index (χ2n) is 8.27. The summed E-state index contributed by atoms with van der Waals surface area (Å²) in [6.07, 6.45) is -0.159. The number of aromatic nitrogens is 3. The number of carboxylic acid groups (broad SMARTS) is 1. The number of hydrogen-bond acceptors (Lipinski definition) is 6. The molecule has 2 aromatic carbocycles. The van der Waals surface area contributed by atoms with Crippen molar-refractivity contribution in [3.8, 4) is 21.9 Å². The number of carboxylic acids is 1. The van der Waals surface area contributed by atoms with E-state index >= 15 is 0 Å². The van der Waals surface area contributed by atoms with Gasteiger partial charge in [-0.3, -0.25) is 14.4 Å². The maximum atomic E-state index is 11.7. The SMILES string of the molecule is COc1ccccc1-c1ccc(C2=N[C@@H](CC(=O)O)c3nnc(C)n3-c3sc(C)c(C)c32)cc1. The van der Waals surface area contributed by atoms with Crippen LogP contribution in [0, 0.1) is 20.8 Å². The number of carbonyl (C=O) groups is 1. The zero-order valence-corrected chi connectivity index (χ0v) is 20.2. The van der Waals surface area contributed by atoms with Crippen molar-refractivity contribution in [2.45, 2.75) is 33.2 Å². The van der Waals surface area contributed by atoms with Crippen LogP contribution < -0.4 is 4.74 Å². The number of methoxy groups -OCH3 is 1. The van der Waals surface area contributed by atoms with E-state index in [9.17, 15) is 9.90 Å². The highest BCUT2D eigenvalue weighted by atomic mass is 32.1. The van der Waals surface area contributed by atoms with Crippen molar-refractivity contribution < 1.29 is 14.6 Å². The lowest BCUT2D eigenvalue weighted by Gasteiger charge is -2.12. The molecule has 0 aliphatic carbocycles. The number of benzene rings is 2. The van der Waals surface area contributed by atoms with Crippen molar-refractivity contribution in [1.29, 1.82) is 0 Å². The third-order valence-electron chi connectivity index (χ3n) is 6.18. The highest BCUT2D eigenvalue weighted by Crippen LogP contribution is 2.40. The van der Waals surface area contributed by atoms with E-state index in [4.69, 9.17) is 9.73 Å². The van der Waals surface area contributed by atoms with Crippen LogP contribution in [-0.4, -0.2) is 38.7 Å². The first-order valence-corrected chi connectivity index (χ1v) is 11.8. The molecule has 0 amide bonds. The zero-order valence-electron chi connectivity index (χ0n) is 19.4. The van der Waals surface area contributed by atoms with Crippen LogP contribution in [0.1, 0.15) is 45.7 Å². The fourth-order valence-corrected chi connectivity index (χ4v) is 5.59. The van der Waals surface area contributed by atoms with Crippen LogP contribution in [0.5, 0.6) is 5.75 Å². The summed E-state index contributed by atoms with van der Waals surface area (Å²) in [5.41, 5.74) is 5.87. The standard InChI is InChI=1S/C26H24N4O3S/c1-14-15(2)34-26-23(14)24(27-20(13-22(31)32)25-29-28-16(3)30(25)26)18-11-9-17(10-12-18)19-7-5-6-8-21(19)33-4/h5-12,20H,13H2,1-4H3,(H,31,32)/t20-/m0/s1. The molecule has 7 nitrogen and oxygen atoms in total. The number of aliphatic imine (C=N–C) groups is 1. The van der Waals surface area contributed by atoms with Gasteiger partial charge < -0.3 is 9.84 Å². The minimum atomic E-state index is -0.926. The Kier molecular flexibility index (Phi) is 5.53. The summed E-state index contributed by atoms with van der Waals surface area (Å²) in [5, 5.41) is 19.1. The van der Waals surface area contributed by atoms with Crippen molar-refractivity contribution in [3.05, 3.63) is 81.7 Å². The lowest BCUT2D eigenvalue weighted by Crippen LogP contribution is -2.10. The lowest BCUT2D eigenvalue weighted by atomic mass is 9.96. The van der Waals surface area contributed by atoms with E-state index in [-0.39, 0.29) is 6.42 Å². The van der Waals surface area contributed by atoms with Gasteiger partial charge in [-0.1, -0.05) is 42.5 Å². The number of rotatable bonds is 5. The highest BCUT2D eigenvalue weighted by Gasteiger charge is 2.32. The molecule has 1 atom stereocenters. The Bertz CT molecular complexity index is 1430. The molecule has 0 saturated carbocycles. The number of fused-ring (bicyclic) bond motifs is 3. The predicted molar refractivity (Wildman–Crippen MR) is 133 cm³/mol. The molecule has 5 rings (SSSR count). The molecule has 1 aliphatic rings. The molecule has 0 fully saturated rings. The van der Waals surface area contributed by atoms with Gasteiger partial charge in [-0.05, 0) is 38.0 Å². The van der Waals surface area contributed by atoms with Crippen molar-refractivity contribution >= 4 is 23.0 Å². The van der Waals surface area contributed by atoms with Gasteiger partial charge in [-0.15, -0.1) is 21.5 Å². The van der Waals surface area contributed by atoms with Gasteiger partial charge in [-0.2, -0.15) is 0 Å². The molecular weight excluding hydrogens is 448 g/mol. The molecule has 0 radical (unpaired) electrons. The largest absolute Gasteiger partial charge is 0.496 e. The van der Waals surface area contributed by atoms with Crippen LogP contribution in [0.3, 0.4) is 0 Å². The summed E-state index contributed by atoms with van der Waals surface area (Å²) in [4.78, 5) is 17.9. The minimum absolute atomic E-state index is 0.159. The average molecular weight is 473 g/mol. The Hall–Kier alpha value is -3.78. The monoisotopic (exact) mass is 472 g/mol. The van der Waals surface area contributed by atoms with Gasteiger partial charge in [0.2, 0.25) is 0 Å². The normalized spacial score (nSPS) is 14.7. The number of ether oxygens (including phenoxy) is 1. The van der Waals surface area contributed by atoms with Gasteiger partial charge in [0, 0.05) is 21.6 Å². The first-order chi connectivity index (χ1) is 16.4. The van der Waals surface area contributed by atoms with Crippen molar-refractivity contribution in [2.75, 3.05) is 7.11 Å². The second-order valence-corrected chi connectivity index (χ2v) is 9.48. The van der Waals surface area contributed by atoms with E-state index in [1.807, 2.05) is 60.0 Å². The second kappa shape index (κ2) is 8.53. The molecule has 172 valence electrons. The number of nitrogens with zero attached hydrogens (tertiary/aromatic N) is 4. The number of para-hydroxylation sites is 1. The Morgan fingerprint density at radius 1 is 1.06 bits per heavy atom. The maximum absolute atomic E-state index is 11.7. The molecule has 3 heterocycles. The Balaban J connectivity index is 1.68. The number of thiophene rings is 1. The van der Waals surface area contributed by atoms with E-state index in [1.54, 1.807) is 18.4 Å². The third kappa shape index (κ3) is 3.60. The fraction of sp³-hybridized carbons (Fsp3) is 0.231. The van der Waals surface area contributed by atoms with E-state index < -0.39 is 12.0 Å². The first-order valence-electron chi connectivity index (χ1n) is 10.9. The Labute approximate surface area is 201 Å². The minimum Gasteiger partial charge on any atom is -0.496 e. The molecule has 34 heavy (non-hydrogen) atoms. The molecule has 0 spiro atoms. The summed E-state index contributed by atoms with van der Waals surface area (Å²) in [5.74, 6) is 1.16. The predicted octanol–water partition coefficient (Wildman–Crippen LogP) is 5.30. The van der Waals surface area contributed by atoms with Crippen LogP contribution >= 0.6 is 11.3 Å². The summed E-state index contributed by atoms with van der Waals surface area (Å²) in [6.45, 7) is 6.06. The quantitative estimate of drug-likeness (QED) is 0.426. The van der Waals surface area contributed by atoms with Crippen molar-refractivity contribution in [3.63, 3.8) is 0 Å². The third-order valence-corrected chi connectivity index (χ3v) is 7.38. The summed E-state index contributed by atoms with van der Waals surface area (Å²) < 4.78 is 7.49. The van der Waals surface area contributed by atoms with Crippen LogP contribution in [-0.2, 0) is 4.79 Å². The van der Waals surface area contributed by atoms with Crippen LogP contribution in [0.4, 0.5) is 0 Å². The van der Waals surface area contributed by atoms with Gasteiger partial charge in [0.05, 0.1) is 19.2 Å². The number of aryl methyl sites for hydroxylation is 2. The summed E-state index contributed by atoms with van der Waals surface area (Å²) in [6, 6.07) is 15.4. The van der Waals surface area contributed by atoms with E-state index in [2.05, 4.69) is 24.0 Å². The van der Waals surface area contributed by atoms with Gasteiger partial charge in [-0.25, -0.2) is 0 Å². The molecule has 1 N–H and O–H groups in total. The smallest absolute Gasteiger partial charge is 0.306 e. The summed E-state index contributed by atoms with van der Waals surface area (Å²) in [7, 11) is 1.67. The topological polar surface area (TPSA) is 89.6 Å². The first kappa shape index (κ1) is 22.0. The molecule has 4 aromatic rings. The van der Waals surface area contributed by atoms with E-state index in [0.717, 1.165) is 50.1 Å². The highest BCUT2D eigenvalue weighted by molar-refractivity contribution is 7.15. The molecule has 0 unspecified atom stereocenters. The summed E-state index contributed by atoms with van der Waals surface area (Å²) >= 11 is 1.65. The Morgan fingerprint density at radius 3 is 2.47 bits per heavy atom. The van der Waals surface area contributed by atoms with Crippen molar-refractivity contribution in [2.24, 2.45) is 4.99 Å².